The molecule has 1 aromatic rings. The first-order valence-electron chi connectivity index (χ1n) is 7.25. The van der Waals surface area contributed by atoms with Crippen LogP contribution >= 0.6 is 0 Å². The Bertz CT molecular complexity index is 500. The number of aryl methyl sites for hydroxylation is 1. The van der Waals surface area contributed by atoms with E-state index in [0.29, 0.717) is 18.9 Å². The number of amides is 2. The van der Waals surface area contributed by atoms with E-state index in [0.717, 1.165) is 18.5 Å². The van der Waals surface area contributed by atoms with Gasteiger partial charge >= 0.3 is 12.0 Å². The number of carbonyl (C=O) groups excluding carboxylic acids is 2. The van der Waals surface area contributed by atoms with Crippen molar-refractivity contribution >= 4 is 12.0 Å². The fraction of sp³-hybridized carbons (Fsp3) is 0.643. The first-order chi connectivity index (χ1) is 10.1. The van der Waals surface area contributed by atoms with Crippen molar-refractivity contribution in [3.8, 4) is 0 Å². The number of aromatic nitrogens is 1. The second kappa shape index (κ2) is 7.10. The summed E-state index contributed by atoms with van der Waals surface area (Å²) in [4.78, 5) is 25.1. The Hall–Kier alpha value is -2.05. The molecule has 2 rings (SSSR count). The normalized spacial score (nSPS) is 17.8. The molecule has 0 radical (unpaired) electrons. The minimum atomic E-state index is -0.304. The molecule has 0 spiro atoms. The lowest BCUT2D eigenvalue weighted by Crippen LogP contribution is -2.40. The van der Waals surface area contributed by atoms with Gasteiger partial charge in [0, 0.05) is 19.2 Å². The minimum Gasteiger partial charge on any atom is -0.466 e. The van der Waals surface area contributed by atoms with Gasteiger partial charge in [0.05, 0.1) is 24.8 Å². The molecule has 0 aliphatic carbocycles. The maximum Gasteiger partial charge on any atom is 0.318 e. The zero-order valence-corrected chi connectivity index (χ0v) is 12.4. The molecule has 7 nitrogen and oxygen atoms in total. The number of nitrogens with zero attached hydrogens (tertiary/aromatic N) is 2. The highest BCUT2D eigenvalue weighted by atomic mass is 16.5. The third-order valence-electron chi connectivity index (χ3n) is 3.40. The Labute approximate surface area is 123 Å². The summed E-state index contributed by atoms with van der Waals surface area (Å²) in [7, 11) is 0. The molecule has 1 aromatic heterocycles. The molecule has 21 heavy (non-hydrogen) atoms. The van der Waals surface area contributed by atoms with Crippen molar-refractivity contribution in [3.63, 3.8) is 0 Å². The third-order valence-corrected chi connectivity index (χ3v) is 3.40. The molecule has 0 saturated carbocycles. The van der Waals surface area contributed by atoms with Crippen LogP contribution in [0, 0.1) is 6.92 Å². The van der Waals surface area contributed by atoms with Crippen LogP contribution in [0.15, 0.2) is 10.6 Å². The quantitative estimate of drug-likeness (QED) is 0.837. The summed E-state index contributed by atoms with van der Waals surface area (Å²) in [6, 6.07) is 1.60. The number of likely N-dealkylation sites (tertiary alicyclic amines) is 1. The van der Waals surface area contributed by atoms with Gasteiger partial charge in [0.15, 0.2) is 5.76 Å². The molecule has 2 amide bonds. The van der Waals surface area contributed by atoms with Gasteiger partial charge < -0.3 is 19.5 Å². The molecule has 0 bridgehead atoms. The number of hydrogen-bond acceptors (Lipinski definition) is 5. The molecular formula is C14H21N3O4. The summed E-state index contributed by atoms with van der Waals surface area (Å²) in [5.74, 6) is 0.409. The molecule has 2 heterocycles. The van der Waals surface area contributed by atoms with E-state index >= 15 is 0 Å². The van der Waals surface area contributed by atoms with Crippen LogP contribution in [0.5, 0.6) is 0 Å². The summed E-state index contributed by atoms with van der Waals surface area (Å²) in [5, 5.41) is 6.61. The highest BCUT2D eigenvalue weighted by Gasteiger charge is 2.32. The van der Waals surface area contributed by atoms with Crippen molar-refractivity contribution in [2.45, 2.75) is 39.2 Å². The summed E-state index contributed by atoms with van der Waals surface area (Å²) < 4.78 is 10.1. The smallest absolute Gasteiger partial charge is 0.318 e. The molecule has 1 aliphatic heterocycles. The van der Waals surface area contributed by atoms with Gasteiger partial charge in [-0.15, -0.1) is 0 Å². The topological polar surface area (TPSA) is 84.7 Å². The lowest BCUT2D eigenvalue weighted by atomic mass is 10.1. The number of hydrogen-bond donors (Lipinski definition) is 1. The Kier molecular flexibility index (Phi) is 5.19. The Morgan fingerprint density at radius 2 is 2.38 bits per heavy atom. The number of esters is 1. The van der Waals surface area contributed by atoms with Gasteiger partial charge in [-0.1, -0.05) is 5.16 Å². The van der Waals surface area contributed by atoms with Gasteiger partial charge in [-0.25, -0.2) is 4.79 Å². The molecule has 1 N–H and O–H groups in total. The van der Waals surface area contributed by atoms with Crippen LogP contribution in [-0.2, 0) is 9.53 Å². The van der Waals surface area contributed by atoms with Crippen LogP contribution in [0.4, 0.5) is 4.79 Å². The predicted molar refractivity (Wildman–Crippen MR) is 74.6 cm³/mol. The molecular weight excluding hydrogens is 274 g/mol. The second-order valence-electron chi connectivity index (χ2n) is 5.01. The number of urea groups is 1. The van der Waals surface area contributed by atoms with Crippen LogP contribution in [0.1, 0.15) is 43.7 Å². The van der Waals surface area contributed by atoms with Crippen LogP contribution in [0.25, 0.3) is 0 Å². The summed E-state index contributed by atoms with van der Waals surface area (Å²) in [5.41, 5.74) is 0.805. The Morgan fingerprint density at radius 3 is 3.05 bits per heavy atom. The minimum absolute atomic E-state index is 0.0752. The lowest BCUT2D eigenvalue weighted by molar-refractivity contribution is -0.142. The summed E-state index contributed by atoms with van der Waals surface area (Å²) in [6.45, 7) is 4.91. The van der Waals surface area contributed by atoms with Gasteiger partial charge in [-0.3, -0.25) is 4.79 Å². The average Bonchev–Trinajstić information content (AvgIpc) is 3.07. The number of carbonyl (C=O) groups is 2. The van der Waals surface area contributed by atoms with Gasteiger partial charge in [-0.2, -0.15) is 0 Å². The number of ether oxygens (including phenoxy) is 1. The van der Waals surface area contributed by atoms with E-state index in [1.807, 2.05) is 13.0 Å². The van der Waals surface area contributed by atoms with Gasteiger partial charge in [0.1, 0.15) is 0 Å². The van der Waals surface area contributed by atoms with E-state index in [-0.39, 0.29) is 31.0 Å². The number of rotatable bonds is 5. The number of nitrogens with one attached hydrogen (secondary N) is 1. The van der Waals surface area contributed by atoms with Crippen LogP contribution in [0.2, 0.25) is 0 Å². The Morgan fingerprint density at radius 1 is 1.57 bits per heavy atom. The standard InChI is InChI=1S/C14H21N3O4/c1-3-20-13(18)6-7-15-14(19)17-8-4-5-11(17)12-9-10(2)16-21-12/h9,11H,3-8H2,1-2H3,(H,15,19)/t11-/m0/s1. The van der Waals surface area contributed by atoms with Gasteiger partial charge in [0.25, 0.3) is 0 Å². The first kappa shape index (κ1) is 15.3. The molecule has 1 atom stereocenters. The summed E-state index contributed by atoms with van der Waals surface area (Å²) in [6.07, 6.45) is 1.97. The van der Waals surface area contributed by atoms with Crippen LogP contribution in [0.3, 0.4) is 0 Å². The molecule has 1 aliphatic rings. The first-order valence-corrected chi connectivity index (χ1v) is 7.25. The van der Waals surface area contributed by atoms with Crippen molar-refractivity contribution in [1.82, 2.24) is 15.4 Å². The molecule has 116 valence electrons. The van der Waals surface area contributed by atoms with E-state index in [1.54, 1.807) is 11.8 Å². The molecule has 7 heteroatoms. The largest absolute Gasteiger partial charge is 0.466 e. The molecule has 0 aromatic carbocycles. The zero-order chi connectivity index (χ0) is 15.2. The van der Waals surface area contributed by atoms with E-state index in [1.165, 1.54) is 0 Å². The van der Waals surface area contributed by atoms with Crippen molar-refractivity contribution < 1.29 is 18.8 Å². The van der Waals surface area contributed by atoms with Crippen LogP contribution < -0.4 is 5.32 Å². The van der Waals surface area contributed by atoms with Crippen molar-refractivity contribution in [1.29, 1.82) is 0 Å². The maximum absolute atomic E-state index is 12.2. The fourth-order valence-corrected chi connectivity index (χ4v) is 2.45. The predicted octanol–water partition coefficient (Wildman–Crippen LogP) is 1.78. The lowest BCUT2D eigenvalue weighted by Gasteiger charge is -2.22. The van der Waals surface area contributed by atoms with E-state index < -0.39 is 0 Å². The SMILES string of the molecule is CCOC(=O)CCNC(=O)N1CCC[C@H]1c1cc(C)no1. The molecule has 1 saturated heterocycles. The zero-order valence-electron chi connectivity index (χ0n) is 12.4. The highest BCUT2D eigenvalue weighted by Crippen LogP contribution is 2.32. The van der Waals surface area contributed by atoms with Crippen LogP contribution in [-0.4, -0.2) is 41.8 Å². The molecule has 1 fully saturated rings. The monoisotopic (exact) mass is 295 g/mol. The average molecular weight is 295 g/mol. The third kappa shape index (κ3) is 3.96. The molecule has 0 unspecified atom stereocenters. The van der Waals surface area contributed by atoms with Crippen molar-refractivity contribution in [2.75, 3.05) is 19.7 Å². The van der Waals surface area contributed by atoms with Crippen molar-refractivity contribution in [3.05, 3.63) is 17.5 Å². The fourth-order valence-electron chi connectivity index (χ4n) is 2.45. The second-order valence-corrected chi connectivity index (χ2v) is 5.01. The van der Waals surface area contributed by atoms with Gasteiger partial charge in [0.2, 0.25) is 0 Å². The summed E-state index contributed by atoms with van der Waals surface area (Å²) >= 11 is 0. The van der Waals surface area contributed by atoms with E-state index in [4.69, 9.17) is 9.26 Å². The Balaban J connectivity index is 1.85. The maximum atomic E-state index is 12.2. The van der Waals surface area contributed by atoms with Crippen molar-refractivity contribution in [2.24, 2.45) is 0 Å². The van der Waals surface area contributed by atoms with E-state index in [9.17, 15) is 9.59 Å². The highest BCUT2D eigenvalue weighted by molar-refractivity contribution is 5.76. The van der Waals surface area contributed by atoms with E-state index in [2.05, 4.69) is 10.5 Å². The van der Waals surface area contributed by atoms with Gasteiger partial charge in [-0.05, 0) is 26.7 Å².